The Hall–Kier alpha value is -3.21. The number of morpholine rings is 1. The van der Waals surface area contributed by atoms with E-state index in [1.807, 2.05) is 30.9 Å². The first kappa shape index (κ1) is 27.4. The lowest BCUT2D eigenvalue weighted by Gasteiger charge is -2.41. The summed E-state index contributed by atoms with van der Waals surface area (Å²) in [6, 6.07) is 8.03. The van der Waals surface area contributed by atoms with Crippen molar-refractivity contribution in [3.05, 3.63) is 47.5 Å². The van der Waals surface area contributed by atoms with Gasteiger partial charge in [-0.1, -0.05) is 24.9 Å². The topological polar surface area (TPSA) is 95.0 Å². The summed E-state index contributed by atoms with van der Waals surface area (Å²) < 4.78 is 37.7. The molecule has 208 valence electrons. The molecule has 2 aliphatic rings. The molecule has 2 atom stereocenters. The number of carbonyl (C=O) groups excluding carboxylic acids is 1. The largest absolute Gasteiger partial charge is 0.484 e. The molecule has 2 aromatic carbocycles. The zero-order chi connectivity index (χ0) is 27.6. The summed E-state index contributed by atoms with van der Waals surface area (Å²) in [7, 11) is 0. The van der Waals surface area contributed by atoms with Crippen LogP contribution in [0, 0.1) is 5.82 Å². The molecule has 0 radical (unpaired) electrons. The molecule has 0 spiro atoms. The third-order valence-corrected chi connectivity index (χ3v) is 6.87. The van der Waals surface area contributed by atoms with Gasteiger partial charge in [-0.25, -0.2) is 14.4 Å². The Morgan fingerprint density at radius 3 is 2.82 bits per heavy atom. The highest BCUT2D eigenvalue weighted by Crippen LogP contribution is 2.38. The van der Waals surface area contributed by atoms with Gasteiger partial charge in [0.15, 0.2) is 17.7 Å². The number of fused-ring (bicyclic) bond motifs is 1. The van der Waals surface area contributed by atoms with Gasteiger partial charge < -0.3 is 24.3 Å². The number of rotatable bonds is 9. The first-order chi connectivity index (χ1) is 18.7. The van der Waals surface area contributed by atoms with E-state index in [0.29, 0.717) is 60.1 Å². The third-order valence-electron chi connectivity index (χ3n) is 6.58. The average molecular weight is 559 g/mol. The van der Waals surface area contributed by atoms with E-state index in [9.17, 15) is 9.18 Å². The summed E-state index contributed by atoms with van der Waals surface area (Å²) in [5, 5.41) is 3.89. The maximum Gasteiger partial charge on any atom is 0.320 e. The molecule has 11 heteroatoms. The van der Waals surface area contributed by atoms with Crippen LogP contribution in [0.2, 0.25) is 5.02 Å². The van der Waals surface area contributed by atoms with Crippen molar-refractivity contribution in [3.8, 4) is 11.5 Å². The van der Waals surface area contributed by atoms with E-state index in [1.54, 1.807) is 6.07 Å². The quantitative estimate of drug-likeness (QED) is 0.343. The summed E-state index contributed by atoms with van der Waals surface area (Å²) in [6.07, 6.45) is 3.25. The fourth-order valence-electron chi connectivity index (χ4n) is 4.84. The Labute approximate surface area is 231 Å². The normalized spacial score (nSPS) is 20.0. The summed E-state index contributed by atoms with van der Waals surface area (Å²) in [4.78, 5) is 23.2. The van der Waals surface area contributed by atoms with Crippen molar-refractivity contribution in [3.63, 3.8) is 0 Å². The Bertz CT molecular complexity index is 1350. The van der Waals surface area contributed by atoms with E-state index in [0.717, 1.165) is 12.8 Å². The second-order valence-electron chi connectivity index (χ2n) is 10.4. The first-order valence-electron chi connectivity index (χ1n) is 13.1. The molecule has 2 unspecified atom stereocenters. The van der Waals surface area contributed by atoms with Crippen molar-refractivity contribution in [2.75, 3.05) is 31.6 Å². The van der Waals surface area contributed by atoms with Gasteiger partial charge in [0.05, 0.1) is 30.3 Å². The SMILES string of the molecule is CCCC(Oc1cc2ncnc(Nc3ccc(F)c(Cl)c3)c2cc1OC1CCOC1)N1CC(=O)OC(C)(C)C1. The number of nitrogens with one attached hydrogen (secondary N) is 1. The van der Waals surface area contributed by atoms with Crippen molar-refractivity contribution in [1.29, 1.82) is 0 Å². The fourth-order valence-corrected chi connectivity index (χ4v) is 5.02. The van der Waals surface area contributed by atoms with Gasteiger partial charge in [-0.2, -0.15) is 0 Å². The van der Waals surface area contributed by atoms with Gasteiger partial charge in [0.1, 0.15) is 29.7 Å². The lowest BCUT2D eigenvalue weighted by atomic mass is 10.1. The molecule has 39 heavy (non-hydrogen) atoms. The molecule has 2 aliphatic heterocycles. The molecule has 5 rings (SSSR count). The number of benzene rings is 2. The van der Waals surface area contributed by atoms with Gasteiger partial charge in [-0.15, -0.1) is 0 Å². The molecule has 0 bridgehead atoms. The van der Waals surface area contributed by atoms with Crippen LogP contribution >= 0.6 is 11.6 Å². The molecule has 2 saturated heterocycles. The Morgan fingerprint density at radius 2 is 2.10 bits per heavy atom. The minimum absolute atomic E-state index is 0.00559. The highest BCUT2D eigenvalue weighted by atomic mass is 35.5. The molecule has 3 aromatic rings. The monoisotopic (exact) mass is 558 g/mol. The molecule has 0 aliphatic carbocycles. The lowest BCUT2D eigenvalue weighted by molar-refractivity contribution is -0.177. The standard InChI is InChI=1S/C28H32ClFN4O5/c1-4-5-25(34-13-26(35)39-28(2,3)15-34)38-24-12-22-19(11-23(24)37-18-8-9-36-14-18)27(32-16-31-22)33-17-6-7-21(30)20(29)10-17/h6-7,10-12,16,18,25H,4-5,8-9,13-15H2,1-3H3,(H,31,32,33). The number of nitrogens with zero attached hydrogens (tertiary/aromatic N) is 3. The second kappa shape index (κ2) is 11.5. The van der Waals surface area contributed by atoms with E-state index in [4.69, 9.17) is 30.5 Å². The predicted octanol–water partition coefficient (Wildman–Crippen LogP) is 5.48. The number of cyclic esters (lactones) is 1. The predicted molar refractivity (Wildman–Crippen MR) is 145 cm³/mol. The Balaban J connectivity index is 1.51. The first-order valence-corrected chi connectivity index (χ1v) is 13.5. The van der Waals surface area contributed by atoms with E-state index in [2.05, 4.69) is 22.2 Å². The average Bonchev–Trinajstić information content (AvgIpc) is 3.38. The van der Waals surface area contributed by atoms with Crippen LogP contribution in [0.25, 0.3) is 10.9 Å². The zero-order valence-electron chi connectivity index (χ0n) is 22.2. The number of carbonyl (C=O) groups is 1. The Kier molecular flexibility index (Phi) is 8.06. The molecule has 0 amide bonds. The van der Waals surface area contributed by atoms with E-state index in [-0.39, 0.29) is 29.9 Å². The van der Waals surface area contributed by atoms with Gasteiger partial charge in [0.2, 0.25) is 0 Å². The molecular formula is C28H32ClFN4O5. The molecular weight excluding hydrogens is 527 g/mol. The van der Waals surface area contributed by atoms with Crippen molar-refractivity contribution in [2.45, 2.75) is 58.0 Å². The number of hydrogen-bond acceptors (Lipinski definition) is 9. The highest BCUT2D eigenvalue weighted by Gasteiger charge is 2.37. The van der Waals surface area contributed by atoms with Crippen LogP contribution in [0.15, 0.2) is 36.7 Å². The minimum Gasteiger partial charge on any atom is -0.484 e. The minimum atomic E-state index is -0.619. The van der Waals surface area contributed by atoms with Gasteiger partial charge in [0, 0.05) is 30.1 Å². The van der Waals surface area contributed by atoms with Crippen LogP contribution in [0.5, 0.6) is 11.5 Å². The molecule has 1 N–H and O–H groups in total. The van der Waals surface area contributed by atoms with Crippen LogP contribution in [-0.4, -0.2) is 65.1 Å². The number of anilines is 2. The van der Waals surface area contributed by atoms with Crippen LogP contribution in [0.4, 0.5) is 15.9 Å². The molecule has 2 fully saturated rings. The molecule has 0 saturated carbocycles. The van der Waals surface area contributed by atoms with Crippen molar-refractivity contribution in [1.82, 2.24) is 14.9 Å². The smallest absolute Gasteiger partial charge is 0.320 e. The summed E-state index contributed by atoms with van der Waals surface area (Å²) in [5.74, 6) is 0.760. The van der Waals surface area contributed by atoms with E-state index < -0.39 is 11.4 Å². The molecule has 9 nitrogen and oxygen atoms in total. The maximum atomic E-state index is 13.7. The van der Waals surface area contributed by atoms with Crippen LogP contribution in [-0.2, 0) is 14.3 Å². The van der Waals surface area contributed by atoms with Gasteiger partial charge in [-0.05, 0) is 44.5 Å². The number of hydrogen-bond donors (Lipinski definition) is 1. The maximum absolute atomic E-state index is 13.7. The summed E-state index contributed by atoms with van der Waals surface area (Å²) >= 11 is 5.98. The van der Waals surface area contributed by atoms with Crippen molar-refractivity contribution in [2.24, 2.45) is 0 Å². The number of ether oxygens (including phenoxy) is 4. The fraction of sp³-hybridized carbons (Fsp3) is 0.464. The molecule has 1 aromatic heterocycles. The van der Waals surface area contributed by atoms with Crippen LogP contribution in [0.1, 0.15) is 40.0 Å². The third kappa shape index (κ3) is 6.51. The number of halogens is 2. The van der Waals surface area contributed by atoms with E-state index >= 15 is 0 Å². The lowest BCUT2D eigenvalue weighted by Crippen LogP contribution is -2.55. The summed E-state index contributed by atoms with van der Waals surface area (Å²) in [6.45, 7) is 7.65. The zero-order valence-corrected chi connectivity index (χ0v) is 23.0. The Morgan fingerprint density at radius 1 is 1.26 bits per heavy atom. The molecule has 3 heterocycles. The second-order valence-corrected chi connectivity index (χ2v) is 10.8. The number of esters is 1. The van der Waals surface area contributed by atoms with Gasteiger partial charge in [-0.3, -0.25) is 9.69 Å². The summed E-state index contributed by atoms with van der Waals surface area (Å²) in [5.41, 5.74) is 0.585. The number of aromatic nitrogens is 2. The van der Waals surface area contributed by atoms with Crippen LogP contribution in [0.3, 0.4) is 0 Å². The van der Waals surface area contributed by atoms with Gasteiger partial charge in [0.25, 0.3) is 0 Å². The van der Waals surface area contributed by atoms with E-state index in [1.165, 1.54) is 18.5 Å². The van der Waals surface area contributed by atoms with Gasteiger partial charge >= 0.3 is 5.97 Å². The van der Waals surface area contributed by atoms with Crippen LogP contribution < -0.4 is 14.8 Å². The van der Waals surface area contributed by atoms with Crippen molar-refractivity contribution >= 4 is 40.0 Å². The highest BCUT2D eigenvalue weighted by molar-refractivity contribution is 6.31. The van der Waals surface area contributed by atoms with Crippen molar-refractivity contribution < 1.29 is 28.1 Å².